The Morgan fingerprint density at radius 1 is 0.917 bits per heavy atom. The normalized spacial score (nSPS) is 10.2. The highest BCUT2D eigenvalue weighted by atomic mass is 19.1. The van der Waals surface area contributed by atoms with Crippen LogP contribution in [0.25, 0.3) is 0 Å². The molecule has 2 aromatic carbocycles. The van der Waals surface area contributed by atoms with Gasteiger partial charge in [-0.25, -0.2) is 18.7 Å². The van der Waals surface area contributed by atoms with Crippen LogP contribution in [0.5, 0.6) is 0 Å². The Balaban J connectivity index is 1.80. The van der Waals surface area contributed by atoms with Crippen LogP contribution in [0.3, 0.4) is 0 Å². The molecule has 0 fully saturated rings. The van der Waals surface area contributed by atoms with Gasteiger partial charge < -0.3 is 10.6 Å². The molecule has 24 heavy (non-hydrogen) atoms. The maximum absolute atomic E-state index is 13.7. The number of carbonyl (C=O) groups excluding carboxylic acids is 1. The van der Waals surface area contributed by atoms with E-state index in [0.717, 1.165) is 18.5 Å². The molecule has 5 nitrogen and oxygen atoms in total. The second kappa shape index (κ2) is 6.82. The summed E-state index contributed by atoms with van der Waals surface area (Å²) in [5, 5.41) is 5.19. The van der Waals surface area contributed by atoms with Crippen molar-refractivity contribution in [3.05, 3.63) is 78.3 Å². The summed E-state index contributed by atoms with van der Waals surface area (Å²) < 4.78 is 27.3. The molecule has 3 aromatic rings. The molecule has 1 aromatic heterocycles. The Labute approximate surface area is 136 Å². The predicted octanol–water partition coefficient (Wildman–Crippen LogP) is 3.75. The molecule has 2 N–H and O–H groups in total. The molecule has 0 aliphatic carbocycles. The van der Waals surface area contributed by atoms with Crippen LogP contribution in [-0.2, 0) is 0 Å². The maximum Gasteiger partial charge on any atom is 0.274 e. The molecule has 0 atom stereocenters. The fraction of sp³-hybridized carbons (Fsp3) is 0. The molecule has 1 amide bonds. The zero-order valence-electron chi connectivity index (χ0n) is 12.3. The molecule has 1 heterocycles. The summed E-state index contributed by atoms with van der Waals surface area (Å²) in [4.78, 5) is 19.9. The number of carbonyl (C=O) groups is 1. The smallest absolute Gasteiger partial charge is 0.274 e. The van der Waals surface area contributed by atoms with Gasteiger partial charge in [-0.2, -0.15) is 0 Å². The lowest BCUT2D eigenvalue weighted by atomic mass is 10.2. The van der Waals surface area contributed by atoms with Gasteiger partial charge in [0.25, 0.3) is 5.91 Å². The number of aromatic nitrogens is 2. The van der Waals surface area contributed by atoms with Gasteiger partial charge in [-0.3, -0.25) is 4.79 Å². The van der Waals surface area contributed by atoms with Crippen LogP contribution in [0.1, 0.15) is 10.5 Å². The molecule has 0 aliphatic heterocycles. The van der Waals surface area contributed by atoms with Crippen LogP contribution in [-0.4, -0.2) is 15.9 Å². The molecule has 0 bridgehead atoms. The van der Waals surface area contributed by atoms with Gasteiger partial charge in [0.2, 0.25) is 0 Å². The number of halogens is 2. The monoisotopic (exact) mass is 326 g/mol. The number of nitrogens with one attached hydrogen (secondary N) is 2. The standard InChI is InChI=1S/C17H12F2N4O/c18-12-7-4-8-13(19)16(12)23-15-9-14(20-10-21-15)17(24)22-11-5-2-1-3-6-11/h1-10H,(H,22,24)(H,20,21,23). The van der Waals surface area contributed by atoms with Gasteiger partial charge in [0, 0.05) is 11.8 Å². The van der Waals surface area contributed by atoms with Gasteiger partial charge in [-0.05, 0) is 24.3 Å². The number of hydrogen-bond donors (Lipinski definition) is 2. The summed E-state index contributed by atoms with van der Waals surface area (Å²) in [6, 6.07) is 13.7. The second-order valence-electron chi connectivity index (χ2n) is 4.83. The Hall–Kier alpha value is -3.35. The quantitative estimate of drug-likeness (QED) is 0.766. The van der Waals surface area contributed by atoms with E-state index in [1.54, 1.807) is 24.3 Å². The maximum atomic E-state index is 13.7. The first-order chi connectivity index (χ1) is 11.6. The number of rotatable bonds is 4. The van der Waals surface area contributed by atoms with E-state index in [1.165, 1.54) is 12.1 Å². The molecule has 0 saturated carbocycles. The number of amides is 1. The van der Waals surface area contributed by atoms with Gasteiger partial charge in [0.1, 0.15) is 35.2 Å². The van der Waals surface area contributed by atoms with Crippen molar-refractivity contribution >= 4 is 23.1 Å². The van der Waals surface area contributed by atoms with E-state index in [-0.39, 0.29) is 17.2 Å². The Bertz CT molecular complexity index is 851. The summed E-state index contributed by atoms with van der Waals surface area (Å²) in [5.41, 5.74) is 0.328. The van der Waals surface area contributed by atoms with Crippen molar-refractivity contribution in [3.8, 4) is 0 Å². The molecular formula is C17H12F2N4O. The number of hydrogen-bond acceptors (Lipinski definition) is 4. The second-order valence-corrected chi connectivity index (χ2v) is 4.83. The largest absolute Gasteiger partial charge is 0.335 e. The molecule has 0 unspecified atom stereocenters. The van der Waals surface area contributed by atoms with E-state index >= 15 is 0 Å². The van der Waals surface area contributed by atoms with Crippen LogP contribution < -0.4 is 10.6 Å². The van der Waals surface area contributed by atoms with Gasteiger partial charge in [0.15, 0.2) is 0 Å². The minimum atomic E-state index is -0.760. The van der Waals surface area contributed by atoms with Crippen molar-refractivity contribution in [2.75, 3.05) is 10.6 Å². The fourth-order valence-corrected chi connectivity index (χ4v) is 2.01. The summed E-state index contributed by atoms with van der Waals surface area (Å²) >= 11 is 0. The van der Waals surface area contributed by atoms with Gasteiger partial charge in [-0.1, -0.05) is 24.3 Å². The summed E-state index contributed by atoms with van der Waals surface area (Å²) in [6.07, 6.45) is 1.14. The lowest BCUT2D eigenvalue weighted by molar-refractivity contribution is 0.102. The van der Waals surface area contributed by atoms with Crippen molar-refractivity contribution in [2.45, 2.75) is 0 Å². The number of para-hydroxylation sites is 2. The average Bonchev–Trinajstić information content (AvgIpc) is 2.59. The first kappa shape index (κ1) is 15.5. The van der Waals surface area contributed by atoms with Crippen LogP contribution >= 0.6 is 0 Å². The minimum absolute atomic E-state index is 0.0631. The first-order valence-corrected chi connectivity index (χ1v) is 7.03. The van der Waals surface area contributed by atoms with Gasteiger partial charge in [-0.15, -0.1) is 0 Å². The highest BCUT2D eigenvalue weighted by molar-refractivity contribution is 6.03. The molecular weight excluding hydrogens is 314 g/mol. The molecule has 0 spiro atoms. The highest BCUT2D eigenvalue weighted by Gasteiger charge is 2.12. The molecule has 0 radical (unpaired) electrons. The van der Waals surface area contributed by atoms with E-state index in [9.17, 15) is 13.6 Å². The third kappa shape index (κ3) is 3.52. The van der Waals surface area contributed by atoms with Crippen molar-refractivity contribution < 1.29 is 13.6 Å². The van der Waals surface area contributed by atoms with Crippen LogP contribution in [0.4, 0.5) is 26.0 Å². The average molecular weight is 326 g/mol. The van der Waals surface area contributed by atoms with Crippen molar-refractivity contribution in [1.29, 1.82) is 0 Å². The van der Waals surface area contributed by atoms with E-state index in [2.05, 4.69) is 20.6 Å². The lowest BCUT2D eigenvalue weighted by Crippen LogP contribution is -2.14. The topological polar surface area (TPSA) is 66.9 Å². The summed E-state index contributed by atoms with van der Waals surface area (Å²) in [5.74, 6) is -1.87. The Morgan fingerprint density at radius 3 is 2.33 bits per heavy atom. The molecule has 7 heteroatoms. The van der Waals surface area contributed by atoms with Crippen LogP contribution in [0.2, 0.25) is 0 Å². The zero-order valence-corrected chi connectivity index (χ0v) is 12.3. The van der Waals surface area contributed by atoms with E-state index in [1.807, 2.05) is 6.07 Å². The van der Waals surface area contributed by atoms with Gasteiger partial charge >= 0.3 is 0 Å². The van der Waals surface area contributed by atoms with E-state index in [0.29, 0.717) is 5.69 Å². The number of anilines is 3. The third-order valence-corrected chi connectivity index (χ3v) is 3.15. The molecule has 0 aliphatic rings. The SMILES string of the molecule is O=C(Nc1ccccc1)c1cc(Nc2c(F)cccc2F)ncn1. The Kier molecular flexibility index (Phi) is 4.42. The minimum Gasteiger partial charge on any atom is -0.335 e. The molecule has 120 valence electrons. The fourth-order valence-electron chi connectivity index (χ4n) is 2.01. The third-order valence-electron chi connectivity index (χ3n) is 3.15. The number of nitrogens with zero attached hydrogens (tertiary/aromatic N) is 2. The lowest BCUT2D eigenvalue weighted by Gasteiger charge is -2.09. The summed E-state index contributed by atoms with van der Waals surface area (Å²) in [7, 11) is 0. The van der Waals surface area contributed by atoms with Gasteiger partial charge in [0.05, 0.1) is 0 Å². The summed E-state index contributed by atoms with van der Waals surface area (Å²) in [6.45, 7) is 0. The first-order valence-electron chi connectivity index (χ1n) is 7.03. The zero-order chi connectivity index (χ0) is 16.9. The Morgan fingerprint density at radius 2 is 1.62 bits per heavy atom. The highest BCUT2D eigenvalue weighted by Crippen LogP contribution is 2.22. The van der Waals surface area contributed by atoms with Crippen molar-refractivity contribution in [1.82, 2.24) is 9.97 Å². The van der Waals surface area contributed by atoms with Crippen molar-refractivity contribution in [2.24, 2.45) is 0 Å². The number of benzene rings is 2. The van der Waals surface area contributed by atoms with E-state index in [4.69, 9.17) is 0 Å². The van der Waals surface area contributed by atoms with Crippen LogP contribution in [0.15, 0.2) is 60.9 Å². The molecule has 3 rings (SSSR count). The predicted molar refractivity (Wildman–Crippen MR) is 86.1 cm³/mol. The van der Waals surface area contributed by atoms with Crippen molar-refractivity contribution in [3.63, 3.8) is 0 Å². The molecule has 0 saturated heterocycles. The van der Waals surface area contributed by atoms with Crippen LogP contribution in [0, 0.1) is 11.6 Å². The van der Waals surface area contributed by atoms with E-state index < -0.39 is 17.5 Å².